The molecule has 1 aromatic rings. The first-order valence-electron chi connectivity index (χ1n) is 6.57. The molecule has 6 heteroatoms. The van der Waals surface area contributed by atoms with Crippen LogP contribution in [0.5, 0.6) is 0 Å². The normalized spacial score (nSPS) is 21.3. The molecule has 1 aliphatic rings. The van der Waals surface area contributed by atoms with E-state index in [0.717, 1.165) is 13.0 Å². The quantitative estimate of drug-likeness (QED) is 0.925. The summed E-state index contributed by atoms with van der Waals surface area (Å²) in [6.07, 6.45) is 5.05. The molecule has 0 amide bonds. The number of likely N-dealkylation sites (tertiary alicyclic amines) is 1. The van der Waals surface area contributed by atoms with Crippen LogP contribution in [0.4, 0.5) is 0 Å². The fraction of sp³-hybridized carbons (Fsp3) is 0.769. The summed E-state index contributed by atoms with van der Waals surface area (Å²) in [6, 6.07) is 0.870. The molecule has 0 spiro atoms. The number of piperidine rings is 1. The van der Waals surface area contributed by atoms with Crippen molar-refractivity contribution in [1.82, 2.24) is 9.88 Å². The molecule has 2 unspecified atom stereocenters. The Balaban J connectivity index is 0.00000162. The van der Waals surface area contributed by atoms with Crippen LogP contribution in [0.3, 0.4) is 0 Å². The van der Waals surface area contributed by atoms with E-state index in [-0.39, 0.29) is 30.9 Å². The lowest BCUT2D eigenvalue weighted by Crippen LogP contribution is -2.49. The fourth-order valence-electron chi connectivity index (χ4n) is 2.70. The van der Waals surface area contributed by atoms with Crippen LogP contribution in [0.2, 0.25) is 0 Å². The molecule has 3 nitrogen and oxygen atoms in total. The first-order chi connectivity index (χ1) is 8.18. The van der Waals surface area contributed by atoms with Crippen LogP contribution < -0.4 is 5.73 Å². The minimum absolute atomic E-state index is 0. The molecule has 2 N–H and O–H groups in total. The highest BCUT2D eigenvalue weighted by Gasteiger charge is 2.25. The van der Waals surface area contributed by atoms with Crippen LogP contribution >= 0.6 is 36.2 Å². The molecule has 0 saturated carbocycles. The van der Waals surface area contributed by atoms with Gasteiger partial charge in [-0.25, -0.2) is 4.98 Å². The van der Waals surface area contributed by atoms with Gasteiger partial charge in [0.1, 0.15) is 0 Å². The highest BCUT2D eigenvalue weighted by atomic mass is 35.5. The average molecular weight is 326 g/mol. The van der Waals surface area contributed by atoms with Crippen LogP contribution in [0.15, 0.2) is 5.51 Å². The van der Waals surface area contributed by atoms with Gasteiger partial charge in [-0.1, -0.05) is 6.42 Å². The third-order valence-electron chi connectivity index (χ3n) is 3.74. The monoisotopic (exact) mass is 325 g/mol. The van der Waals surface area contributed by atoms with Gasteiger partial charge >= 0.3 is 0 Å². The van der Waals surface area contributed by atoms with Gasteiger partial charge in [0.15, 0.2) is 0 Å². The number of nitrogens with two attached hydrogens (primary N) is 1. The predicted molar refractivity (Wildman–Crippen MR) is 87.9 cm³/mol. The van der Waals surface area contributed by atoms with Gasteiger partial charge in [-0.2, -0.15) is 0 Å². The summed E-state index contributed by atoms with van der Waals surface area (Å²) in [5.74, 6) is 0. The van der Waals surface area contributed by atoms with E-state index < -0.39 is 0 Å². The van der Waals surface area contributed by atoms with Gasteiger partial charge in [-0.05, 0) is 39.7 Å². The highest BCUT2D eigenvalue weighted by molar-refractivity contribution is 7.09. The third-order valence-corrected chi connectivity index (χ3v) is 4.74. The molecule has 1 saturated heterocycles. The molecule has 2 heterocycles. The van der Waals surface area contributed by atoms with Gasteiger partial charge in [-0.3, -0.25) is 4.90 Å². The van der Waals surface area contributed by atoms with Crippen molar-refractivity contribution >= 4 is 36.2 Å². The van der Waals surface area contributed by atoms with Crippen LogP contribution in [-0.4, -0.2) is 35.1 Å². The van der Waals surface area contributed by atoms with Gasteiger partial charge in [0, 0.05) is 23.5 Å². The second-order valence-corrected chi connectivity index (χ2v) is 6.01. The Morgan fingerprint density at radius 2 is 2.21 bits per heavy atom. The molecule has 1 fully saturated rings. The summed E-state index contributed by atoms with van der Waals surface area (Å²) in [7, 11) is 0. The maximum atomic E-state index is 6.08. The lowest BCUT2D eigenvalue weighted by atomic mass is 9.97. The number of hydrogen-bond donors (Lipinski definition) is 1. The number of aromatic nitrogens is 1. The van der Waals surface area contributed by atoms with E-state index in [0.29, 0.717) is 6.04 Å². The third kappa shape index (κ3) is 5.20. The summed E-state index contributed by atoms with van der Waals surface area (Å²) in [4.78, 5) is 8.32. The molecule has 19 heavy (non-hydrogen) atoms. The summed E-state index contributed by atoms with van der Waals surface area (Å²) >= 11 is 1.78. The highest BCUT2D eigenvalue weighted by Crippen LogP contribution is 2.20. The zero-order chi connectivity index (χ0) is 12.3. The smallest absolute Gasteiger partial charge is 0.0797 e. The van der Waals surface area contributed by atoms with Crippen LogP contribution in [0.1, 0.15) is 36.8 Å². The molecule has 0 aliphatic carbocycles. The lowest BCUT2D eigenvalue weighted by molar-refractivity contribution is 0.132. The molecule has 0 bridgehead atoms. The van der Waals surface area contributed by atoms with Crippen molar-refractivity contribution in [1.29, 1.82) is 0 Å². The van der Waals surface area contributed by atoms with Gasteiger partial charge in [-0.15, -0.1) is 36.2 Å². The van der Waals surface area contributed by atoms with Gasteiger partial charge in [0.2, 0.25) is 0 Å². The number of aryl methyl sites for hydroxylation is 1. The van der Waals surface area contributed by atoms with E-state index in [1.54, 1.807) is 11.3 Å². The van der Waals surface area contributed by atoms with E-state index in [2.05, 4.69) is 23.7 Å². The first kappa shape index (κ1) is 19.1. The van der Waals surface area contributed by atoms with Gasteiger partial charge in [0.25, 0.3) is 0 Å². The topological polar surface area (TPSA) is 42.2 Å². The zero-order valence-electron chi connectivity index (χ0n) is 11.7. The zero-order valence-corrected chi connectivity index (χ0v) is 14.1. The number of rotatable bonds is 4. The summed E-state index contributed by atoms with van der Waals surface area (Å²) in [6.45, 7) is 6.59. The predicted octanol–water partition coefficient (Wildman–Crippen LogP) is 3.04. The Morgan fingerprint density at radius 1 is 1.47 bits per heavy atom. The number of hydrogen-bond acceptors (Lipinski definition) is 4. The Labute approximate surface area is 132 Å². The SMILES string of the molecule is Cc1ncsc1CCN1CCCCC1C(C)N.Cl.Cl. The Kier molecular flexibility index (Phi) is 9.20. The van der Waals surface area contributed by atoms with E-state index in [1.807, 2.05) is 5.51 Å². The number of nitrogens with zero attached hydrogens (tertiary/aromatic N) is 2. The standard InChI is InChI=1S/C13H23N3S.2ClH/c1-10(14)12-5-3-4-7-16(12)8-6-13-11(2)15-9-17-13;;/h9-10,12H,3-8,14H2,1-2H3;2*1H. The van der Waals surface area contributed by atoms with Crippen molar-refractivity contribution in [3.63, 3.8) is 0 Å². The van der Waals surface area contributed by atoms with Crippen LogP contribution in [0.25, 0.3) is 0 Å². The average Bonchev–Trinajstić information content (AvgIpc) is 2.72. The van der Waals surface area contributed by atoms with Crippen molar-refractivity contribution in [2.45, 2.75) is 51.6 Å². The van der Waals surface area contributed by atoms with E-state index >= 15 is 0 Å². The first-order valence-corrected chi connectivity index (χ1v) is 7.45. The Bertz CT molecular complexity index is 357. The van der Waals surface area contributed by atoms with Gasteiger partial charge in [0.05, 0.1) is 11.2 Å². The molecule has 0 radical (unpaired) electrons. The number of halogens is 2. The van der Waals surface area contributed by atoms with E-state index in [1.165, 1.54) is 36.4 Å². The van der Waals surface area contributed by atoms with Crippen molar-refractivity contribution in [2.75, 3.05) is 13.1 Å². The minimum atomic E-state index is 0. The summed E-state index contributed by atoms with van der Waals surface area (Å²) < 4.78 is 0. The molecule has 2 atom stereocenters. The van der Waals surface area contributed by atoms with Crippen molar-refractivity contribution in [3.05, 3.63) is 16.1 Å². The molecule has 112 valence electrons. The largest absolute Gasteiger partial charge is 0.327 e. The fourth-order valence-corrected chi connectivity index (χ4v) is 3.47. The maximum absolute atomic E-state index is 6.08. The van der Waals surface area contributed by atoms with Crippen LogP contribution in [-0.2, 0) is 6.42 Å². The van der Waals surface area contributed by atoms with Crippen molar-refractivity contribution < 1.29 is 0 Å². The minimum Gasteiger partial charge on any atom is -0.327 e. The molecular formula is C13H25Cl2N3S. The number of thiazole rings is 1. The lowest BCUT2D eigenvalue weighted by Gasteiger charge is -2.38. The summed E-state index contributed by atoms with van der Waals surface area (Å²) in [5.41, 5.74) is 9.23. The van der Waals surface area contributed by atoms with Crippen molar-refractivity contribution in [3.8, 4) is 0 Å². The summed E-state index contributed by atoms with van der Waals surface area (Å²) in [5, 5.41) is 0. The maximum Gasteiger partial charge on any atom is 0.0797 e. The van der Waals surface area contributed by atoms with Crippen molar-refractivity contribution in [2.24, 2.45) is 5.73 Å². The molecular weight excluding hydrogens is 301 g/mol. The molecule has 1 aromatic heterocycles. The Morgan fingerprint density at radius 3 is 2.79 bits per heavy atom. The second kappa shape index (κ2) is 9.14. The second-order valence-electron chi connectivity index (χ2n) is 5.07. The van der Waals surface area contributed by atoms with E-state index in [4.69, 9.17) is 5.73 Å². The molecule has 2 rings (SSSR count). The Hall–Kier alpha value is 0.130. The molecule has 1 aliphatic heterocycles. The molecule has 0 aromatic carbocycles. The van der Waals surface area contributed by atoms with E-state index in [9.17, 15) is 0 Å². The van der Waals surface area contributed by atoms with Crippen LogP contribution in [0, 0.1) is 6.92 Å². The van der Waals surface area contributed by atoms with Gasteiger partial charge < -0.3 is 5.73 Å².